The Bertz CT molecular complexity index is 635. The minimum Gasteiger partial charge on any atom is -0.381 e. The molecule has 2 aromatic rings. The van der Waals surface area contributed by atoms with Gasteiger partial charge in [-0.2, -0.15) is 10.4 Å². The van der Waals surface area contributed by atoms with Crippen molar-refractivity contribution >= 4 is 21.7 Å². The number of nitrogens with two attached hydrogens (primary N) is 1. The number of nitrogen functional groups attached to an aromatic ring is 1. The highest BCUT2D eigenvalue weighted by molar-refractivity contribution is 9.10. The summed E-state index contributed by atoms with van der Waals surface area (Å²) in [5.74, 6) is 0.761. The smallest absolute Gasteiger partial charge is 0.194 e. The average Bonchev–Trinajstić information content (AvgIpc) is 2.76. The lowest BCUT2D eigenvalue weighted by molar-refractivity contribution is 0.780. The van der Waals surface area contributed by atoms with E-state index in [2.05, 4.69) is 37.3 Å². The first-order chi connectivity index (χ1) is 9.12. The third kappa shape index (κ3) is 2.31. The molecule has 0 radical (unpaired) electrons. The Morgan fingerprint density at radius 1 is 1.37 bits per heavy atom. The SMILES string of the molecule is CCc1nnc(-n2cc(Br)c(N)n2)c(C#N)c1CC. The molecule has 0 atom stereocenters. The molecule has 0 saturated heterocycles. The van der Waals surface area contributed by atoms with Crippen LogP contribution in [0, 0.1) is 11.3 Å². The van der Waals surface area contributed by atoms with E-state index in [0.29, 0.717) is 21.7 Å². The monoisotopic (exact) mass is 320 g/mol. The number of aryl methyl sites for hydroxylation is 1. The van der Waals surface area contributed by atoms with Crippen LogP contribution in [0.3, 0.4) is 0 Å². The minimum atomic E-state index is 0.350. The maximum Gasteiger partial charge on any atom is 0.194 e. The van der Waals surface area contributed by atoms with Crippen molar-refractivity contribution < 1.29 is 0 Å². The molecular weight excluding hydrogens is 308 g/mol. The summed E-state index contributed by atoms with van der Waals surface area (Å²) in [6.45, 7) is 3.99. The predicted octanol–water partition coefficient (Wildman–Crippen LogP) is 2.00. The van der Waals surface area contributed by atoms with Crippen LogP contribution < -0.4 is 5.73 Å². The molecule has 0 spiro atoms. The van der Waals surface area contributed by atoms with Crippen molar-refractivity contribution in [3.63, 3.8) is 0 Å². The molecule has 98 valence electrons. The molecule has 0 saturated carbocycles. The fourth-order valence-corrected chi connectivity index (χ4v) is 2.19. The molecule has 0 unspecified atom stereocenters. The van der Waals surface area contributed by atoms with Crippen LogP contribution >= 0.6 is 15.9 Å². The van der Waals surface area contributed by atoms with Gasteiger partial charge >= 0.3 is 0 Å². The number of anilines is 1. The van der Waals surface area contributed by atoms with Gasteiger partial charge in [-0.3, -0.25) is 0 Å². The van der Waals surface area contributed by atoms with Gasteiger partial charge in [-0.05, 0) is 34.3 Å². The van der Waals surface area contributed by atoms with Crippen LogP contribution in [0.25, 0.3) is 5.82 Å². The number of nitrogens with zero attached hydrogens (tertiary/aromatic N) is 5. The van der Waals surface area contributed by atoms with E-state index in [0.717, 1.165) is 24.1 Å². The summed E-state index contributed by atoms with van der Waals surface area (Å²) in [6.07, 6.45) is 3.15. The molecule has 2 rings (SSSR count). The second-order valence-corrected chi connectivity index (χ2v) is 4.80. The standard InChI is InChI=1S/C12H13BrN6/c1-3-7-8(5-14)12(17-16-10(7)4-2)19-6-9(13)11(15)18-19/h6H,3-4H2,1-2H3,(H2,15,18). The lowest BCUT2D eigenvalue weighted by Crippen LogP contribution is -2.10. The largest absolute Gasteiger partial charge is 0.381 e. The molecule has 7 heteroatoms. The number of rotatable bonds is 3. The molecular formula is C12H13BrN6. The molecule has 2 aromatic heterocycles. The number of nitriles is 1. The zero-order valence-electron chi connectivity index (χ0n) is 10.7. The lowest BCUT2D eigenvalue weighted by atomic mass is 10.0. The first kappa shape index (κ1) is 13.5. The third-order valence-corrected chi connectivity index (χ3v) is 3.46. The minimum absolute atomic E-state index is 0.350. The molecule has 0 bridgehead atoms. The Morgan fingerprint density at radius 2 is 2.11 bits per heavy atom. The summed E-state index contributed by atoms with van der Waals surface area (Å²) < 4.78 is 2.14. The van der Waals surface area contributed by atoms with E-state index in [9.17, 15) is 5.26 Å². The second kappa shape index (κ2) is 5.36. The maximum absolute atomic E-state index is 9.39. The van der Waals surface area contributed by atoms with Crippen molar-refractivity contribution in [3.05, 3.63) is 27.5 Å². The van der Waals surface area contributed by atoms with Gasteiger partial charge in [-0.1, -0.05) is 13.8 Å². The molecule has 2 N–H and O–H groups in total. The highest BCUT2D eigenvalue weighted by Crippen LogP contribution is 2.23. The van der Waals surface area contributed by atoms with Crippen molar-refractivity contribution in [1.29, 1.82) is 5.26 Å². The Hall–Kier alpha value is -1.94. The first-order valence-electron chi connectivity index (χ1n) is 5.91. The van der Waals surface area contributed by atoms with Gasteiger partial charge in [0.25, 0.3) is 0 Å². The van der Waals surface area contributed by atoms with E-state index in [1.165, 1.54) is 4.68 Å². The van der Waals surface area contributed by atoms with Gasteiger partial charge in [0.1, 0.15) is 11.6 Å². The maximum atomic E-state index is 9.39. The van der Waals surface area contributed by atoms with Crippen LogP contribution in [0.5, 0.6) is 0 Å². The molecule has 0 fully saturated rings. The quantitative estimate of drug-likeness (QED) is 0.933. The van der Waals surface area contributed by atoms with Gasteiger partial charge in [0, 0.05) is 6.20 Å². The van der Waals surface area contributed by atoms with Gasteiger partial charge in [0.05, 0.1) is 10.2 Å². The molecule has 2 heterocycles. The summed E-state index contributed by atoms with van der Waals surface area (Å²) in [4.78, 5) is 0. The molecule has 0 aliphatic carbocycles. The van der Waals surface area contributed by atoms with Crippen LogP contribution in [-0.2, 0) is 12.8 Å². The predicted molar refractivity (Wildman–Crippen MR) is 74.7 cm³/mol. The molecule has 6 nitrogen and oxygen atoms in total. The van der Waals surface area contributed by atoms with E-state index < -0.39 is 0 Å². The Balaban J connectivity index is 2.68. The highest BCUT2D eigenvalue weighted by Gasteiger charge is 2.17. The summed E-state index contributed by atoms with van der Waals surface area (Å²) in [7, 11) is 0. The molecule has 19 heavy (non-hydrogen) atoms. The van der Waals surface area contributed by atoms with Crippen molar-refractivity contribution in [2.45, 2.75) is 26.7 Å². The van der Waals surface area contributed by atoms with Gasteiger partial charge in [0.2, 0.25) is 0 Å². The highest BCUT2D eigenvalue weighted by atomic mass is 79.9. The molecule has 0 aliphatic heterocycles. The van der Waals surface area contributed by atoms with E-state index in [1.807, 2.05) is 13.8 Å². The van der Waals surface area contributed by atoms with E-state index in [4.69, 9.17) is 5.73 Å². The van der Waals surface area contributed by atoms with E-state index >= 15 is 0 Å². The van der Waals surface area contributed by atoms with Crippen molar-refractivity contribution in [3.8, 4) is 11.9 Å². The summed E-state index contributed by atoms with van der Waals surface area (Å²) in [6, 6.07) is 2.20. The van der Waals surface area contributed by atoms with Crippen LogP contribution in [0.4, 0.5) is 5.82 Å². The van der Waals surface area contributed by atoms with Crippen LogP contribution in [0.1, 0.15) is 30.7 Å². The fraction of sp³-hybridized carbons (Fsp3) is 0.333. The fourth-order valence-electron chi connectivity index (χ4n) is 1.91. The number of hydrogen-bond donors (Lipinski definition) is 1. The lowest BCUT2D eigenvalue weighted by Gasteiger charge is -2.09. The topological polar surface area (TPSA) is 93.4 Å². The summed E-state index contributed by atoms with van der Waals surface area (Å²) >= 11 is 3.28. The normalized spacial score (nSPS) is 10.4. The number of hydrogen-bond acceptors (Lipinski definition) is 5. The zero-order valence-corrected chi connectivity index (χ0v) is 12.3. The van der Waals surface area contributed by atoms with Crippen molar-refractivity contribution in [2.24, 2.45) is 0 Å². The molecule has 0 aromatic carbocycles. The Kier molecular flexibility index (Phi) is 3.81. The molecule has 0 aliphatic rings. The Labute approximate surface area is 119 Å². The van der Waals surface area contributed by atoms with Gasteiger partial charge in [-0.15, -0.1) is 10.2 Å². The average molecular weight is 321 g/mol. The molecule has 0 amide bonds. The van der Waals surface area contributed by atoms with E-state index in [-0.39, 0.29) is 0 Å². The van der Waals surface area contributed by atoms with Crippen LogP contribution in [0.2, 0.25) is 0 Å². The van der Waals surface area contributed by atoms with Crippen molar-refractivity contribution in [1.82, 2.24) is 20.0 Å². The third-order valence-electron chi connectivity index (χ3n) is 2.85. The summed E-state index contributed by atoms with van der Waals surface area (Å²) in [5.41, 5.74) is 7.96. The van der Waals surface area contributed by atoms with Gasteiger partial charge in [-0.25, -0.2) is 4.68 Å². The number of halogens is 1. The Morgan fingerprint density at radius 3 is 2.58 bits per heavy atom. The van der Waals surface area contributed by atoms with Crippen LogP contribution in [0.15, 0.2) is 10.7 Å². The van der Waals surface area contributed by atoms with Crippen LogP contribution in [-0.4, -0.2) is 20.0 Å². The van der Waals surface area contributed by atoms with E-state index in [1.54, 1.807) is 6.20 Å². The second-order valence-electron chi connectivity index (χ2n) is 3.95. The summed E-state index contributed by atoms with van der Waals surface area (Å²) in [5, 5.41) is 21.8. The zero-order chi connectivity index (χ0) is 14.0. The van der Waals surface area contributed by atoms with Gasteiger partial charge in [0.15, 0.2) is 11.6 Å². The first-order valence-corrected chi connectivity index (χ1v) is 6.71. The van der Waals surface area contributed by atoms with Gasteiger partial charge < -0.3 is 5.73 Å². The van der Waals surface area contributed by atoms with Crippen molar-refractivity contribution in [2.75, 3.05) is 5.73 Å². The number of aromatic nitrogens is 4.